The largest absolute Gasteiger partial charge is 0.392 e. The predicted molar refractivity (Wildman–Crippen MR) is 158 cm³/mol. The average molecular weight is 547 g/mol. The number of hydrogen-bond donors (Lipinski definition) is 3. The monoisotopic (exact) mass is 546 g/mol. The minimum Gasteiger partial charge on any atom is -0.392 e. The first-order valence-electron chi connectivity index (χ1n) is 13.7. The van der Waals surface area contributed by atoms with E-state index in [-0.39, 0.29) is 23.6 Å². The van der Waals surface area contributed by atoms with Gasteiger partial charge in [0.05, 0.1) is 23.7 Å². The highest BCUT2D eigenvalue weighted by molar-refractivity contribution is 6.04. The molecule has 0 saturated carbocycles. The summed E-state index contributed by atoms with van der Waals surface area (Å²) in [5.74, 6) is -0.182. The summed E-state index contributed by atoms with van der Waals surface area (Å²) in [6.07, 6.45) is 3.93. The van der Waals surface area contributed by atoms with E-state index < -0.39 is 5.82 Å². The second-order valence-corrected chi connectivity index (χ2v) is 10.6. The number of nitrogens with zero attached hydrogens (tertiary/aromatic N) is 4. The number of likely N-dealkylation sites (tertiary alicyclic amines) is 1. The molecule has 3 N–H and O–H groups in total. The van der Waals surface area contributed by atoms with E-state index in [1.165, 1.54) is 6.07 Å². The van der Waals surface area contributed by atoms with Crippen LogP contribution in [0.15, 0.2) is 36.5 Å². The zero-order chi connectivity index (χ0) is 29.0. The highest BCUT2D eigenvalue weighted by Crippen LogP contribution is 2.25. The van der Waals surface area contributed by atoms with Crippen molar-refractivity contribution in [2.45, 2.75) is 52.8 Å². The van der Waals surface area contributed by atoms with Crippen LogP contribution in [0.2, 0.25) is 0 Å². The first-order valence-corrected chi connectivity index (χ1v) is 13.7. The van der Waals surface area contributed by atoms with Gasteiger partial charge in [0.1, 0.15) is 17.0 Å². The van der Waals surface area contributed by atoms with E-state index in [1.54, 1.807) is 12.3 Å². The van der Waals surface area contributed by atoms with E-state index in [9.17, 15) is 9.90 Å². The number of aliphatic hydroxyl groups excluding tert-OH is 1. The lowest BCUT2D eigenvalue weighted by molar-refractivity contribution is 0.102. The quantitative estimate of drug-likeness (QED) is 0.379. The van der Waals surface area contributed by atoms with Gasteiger partial charge in [-0.25, -0.2) is 14.4 Å². The molecule has 1 amide bonds. The van der Waals surface area contributed by atoms with Gasteiger partial charge >= 0.3 is 0 Å². The lowest BCUT2D eigenvalue weighted by Gasteiger charge is -2.19. The zero-order valence-electron chi connectivity index (χ0n) is 24.0. The molecule has 2 atom stereocenters. The molecule has 1 unspecified atom stereocenters. The van der Waals surface area contributed by atoms with Crippen molar-refractivity contribution in [3.05, 3.63) is 80.9 Å². The van der Waals surface area contributed by atoms with Crippen molar-refractivity contribution in [3.8, 4) is 0 Å². The van der Waals surface area contributed by atoms with E-state index in [1.807, 2.05) is 62.0 Å². The van der Waals surface area contributed by atoms with Crippen LogP contribution in [-0.4, -0.2) is 63.6 Å². The molecule has 8 nitrogen and oxygen atoms in total. The van der Waals surface area contributed by atoms with E-state index in [0.717, 1.165) is 29.6 Å². The molecule has 2 heterocycles. The van der Waals surface area contributed by atoms with Gasteiger partial charge in [-0.2, -0.15) is 0 Å². The molecule has 1 saturated heterocycles. The number of aliphatic hydroxyl groups is 1. The van der Waals surface area contributed by atoms with Crippen LogP contribution >= 0.6 is 0 Å². The molecule has 0 radical (unpaired) electrons. The molecule has 1 aromatic heterocycles. The normalized spacial score (nSPS) is 16.7. The van der Waals surface area contributed by atoms with Gasteiger partial charge in [0.25, 0.3) is 5.91 Å². The van der Waals surface area contributed by atoms with Gasteiger partial charge in [0.2, 0.25) is 0 Å². The Morgan fingerprint density at radius 3 is 2.73 bits per heavy atom. The summed E-state index contributed by atoms with van der Waals surface area (Å²) < 4.78 is 15.0. The van der Waals surface area contributed by atoms with Gasteiger partial charge in [-0.1, -0.05) is 12.6 Å². The molecular weight excluding hydrogens is 507 g/mol. The highest BCUT2D eigenvalue weighted by atomic mass is 19.1. The second kappa shape index (κ2) is 12.6. The third-order valence-corrected chi connectivity index (χ3v) is 7.40. The minimum atomic E-state index is -0.412. The van der Waals surface area contributed by atoms with E-state index in [0.29, 0.717) is 47.5 Å². The summed E-state index contributed by atoms with van der Waals surface area (Å²) >= 11 is 0. The maximum atomic E-state index is 15.0. The fraction of sp³-hybridized carbons (Fsp3) is 0.387. The van der Waals surface area contributed by atoms with Gasteiger partial charge in [-0.05, 0) is 75.1 Å². The number of amides is 1. The van der Waals surface area contributed by atoms with Gasteiger partial charge < -0.3 is 20.6 Å². The standard InChI is InChI=1S/C31H39FN6O2/c1-7-37(6)18-29-22(5)35-30(15-33-29)34-21(4)26-14-24(9-8-19(26)2)36-31(40)23-12-20(3)27(28(32)13-23)17-38-11-10-25(39)16-38/h8-9,12-15,18,21,25,39H,5,7,10-11,16-17H2,1-4,6H3,(H,34,35)(H,36,40)/b29-18+/t21?,25-/m1/s1. The Hall–Kier alpha value is -3.82. The van der Waals surface area contributed by atoms with Gasteiger partial charge in [0, 0.05) is 56.2 Å². The van der Waals surface area contributed by atoms with E-state index >= 15 is 4.39 Å². The number of carbonyl (C=O) groups excluding carboxylic acids is 1. The summed E-state index contributed by atoms with van der Waals surface area (Å²) in [6.45, 7) is 14.5. The minimum absolute atomic E-state index is 0.123. The van der Waals surface area contributed by atoms with Crippen LogP contribution in [0.25, 0.3) is 12.8 Å². The smallest absolute Gasteiger partial charge is 0.255 e. The van der Waals surface area contributed by atoms with Crippen molar-refractivity contribution in [2.24, 2.45) is 0 Å². The van der Waals surface area contributed by atoms with Crippen LogP contribution < -0.4 is 21.3 Å². The Kier molecular flexibility index (Phi) is 9.17. The van der Waals surface area contributed by atoms with Crippen LogP contribution in [0.1, 0.15) is 58.9 Å². The zero-order valence-corrected chi connectivity index (χ0v) is 24.0. The Balaban J connectivity index is 1.47. The Bertz CT molecular complexity index is 1470. The third kappa shape index (κ3) is 7.03. The molecule has 4 rings (SSSR count). The number of nitrogens with one attached hydrogen (secondary N) is 2. The number of β-amino-alcohol motifs (C(OH)–C–C–N with tert-alkyl or cyclic N) is 1. The van der Waals surface area contributed by atoms with Crippen molar-refractivity contribution >= 4 is 30.2 Å². The highest BCUT2D eigenvalue weighted by Gasteiger charge is 2.23. The number of halogens is 1. The molecule has 3 aromatic rings. The Morgan fingerprint density at radius 2 is 2.08 bits per heavy atom. The summed E-state index contributed by atoms with van der Waals surface area (Å²) in [5.41, 5.74) is 4.18. The molecule has 1 aliphatic rings. The molecule has 0 spiro atoms. The Morgan fingerprint density at radius 1 is 1.30 bits per heavy atom. The number of anilines is 2. The summed E-state index contributed by atoms with van der Waals surface area (Å²) in [5, 5.41) is 17.4. The maximum absolute atomic E-state index is 15.0. The molecule has 0 aliphatic carbocycles. The summed E-state index contributed by atoms with van der Waals surface area (Å²) in [4.78, 5) is 26.2. The molecule has 1 fully saturated rings. The summed E-state index contributed by atoms with van der Waals surface area (Å²) in [7, 11) is 1.97. The number of benzene rings is 2. The van der Waals surface area contributed by atoms with Gasteiger partial charge in [0.15, 0.2) is 0 Å². The molecule has 212 valence electrons. The number of aromatic nitrogens is 2. The van der Waals surface area contributed by atoms with Crippen molar-refractivity contribution in [3.63, 3.8) is 0 Å². The van der Waals surface area contributed by atoms with Crippen LogP contribution in [0.3, 0.4) is 0 Å². The molecule has 9 heteroatoms. The fourth-order valence-corrected chi connectivity index (χ4v) is 4.89. The maximum Gasteiger partial charge on any atom is 0.255 e. The van der Waals surface area contributed by atoms with Gasteiger partial charge in [-0.3, -0.25) is 9.69 Å². The number of rotatable bonds is 9. The number of carbonyl (C=O) groups is 1. The second-order valence-electron chi connectivity index (χ2n) is 10.6. The fourth-order valence-electron chi connectivity index (χ4n) is 4.89. The number of hydrogen-bond acceptors (Lipinski definition) is 7. The molecule has 1 aliphatic heterocycles. The lowest BCUT2D eigenvalue weighted by Crippen LogP contribution is -2.33. The van der Waals surface area contributed by atoms with Crippen LogP contribution in [0.5, 0.6) is 0 Å². The van der Waals surface area contributed by atoms with Crippen molar-refractivity contribution in [1.29, 1.82) is 0 Å². The topological polar surface area (TPSA) is 93.6 Å². The molecular formula is C31H39FN6O2. The number of aryl methyl sites for hydroxylation is 2. The molecule has 0 bridgehead atoms. The lowest BCUT2D eigenvalue weighted by atomic mass is 10.0. The predicted octanol–water partition coefficient (Wildman–Crippen LogP) is 3.32. The SMILES string of the molecule is C=c1nc(NC(C)c2cc(NC(=O)c3cc(C)c(CN4CC[C@@H](O)C4)c(F)c3)ccc2C)cn/c1=C/N(C)CC. The van der Waals surface area contributed by atoms with E-state index in [4.69, 9.17) is 0 Å². The summed E-state index contributed by atoms with van der Waals surface area (Å²) in [6, 6.07) is 8.58. The van der Waals surface area contributed by atoms with Crippen molar-refractivity contribution in [1.82, 2.24) is 19.8 Å². The molecule has 2 aromatic carbocycles. The molecule has 40 heavy (non-hydrogen) atoms. The first-order chi connectivity index (χ1) is 19.0. The van der Waals surface area contributed by atoms with E-state index in [2.05, 4.69) is 34.1 Å². The first kappa shape index (κ1) is 29.2. The van der Waals surface area contributed by atoms with Crippen molar-refractivity contribution < 1.29 is 14.3 Å². The van der Waals surface area contributed by atoms with Crippen LogP contribution in [-0.2, 0) is 6.54 Å². The van der Waals surface area contributed by atoms with Crippen LogP contribution in [0, 0.1) is 19.7 Å². The third-order valence-electron chi connectivity index (χ3n) is 7.40. The Labute approximate surface area is 235 Å². The average Bonchev–Trinajstić information content (AvgIpc) is 3.33. The van der Waals surface area contributed by atoms with Crippen molar-refractivity contribution in [2.75, 3.05) is 37.3 Å². The van der Waals surface area contributed by atoms with Gasteiger partial charge in [-0.15, -0.1) is 0 Å². The van der Waals surface area contributed by atoms with Crippen LogP contribution in [0.4, 0.5) is 15.9 Å².